The molecule has 4 aromatic rings. The van der Waals surface area contributed by atoms with Gasteiger partial charge in [0.15, 0.2) is 0 Å². The number of hydrogen-bond acceptors (Lipinski definition) is 7. The molecule has 1 aromatic carbocycles. The summed E-state index contributed by atoms with van der Waals surface area (Å²) in [6.45, 7) is 1.89. The summed E-state index contributed by atoms with van der Waals surface area (Å²) in [5, 5.41) is 6.33. The highest BCUT2D eigenvalue weighted by Gasteiger charge is 2.17. The van der Waals surface area contributed by atoms with E-state index in [1.165, 1.54) is 0 Å². The van der Waals surface area contributed by atoms with Crippen molar-refractivity contribution >= 4 is 46.3 Å². The fourth-order valence-corrected chi connectivity index (χ4v) is 4.12. The smallest absolute Gasteiger partial charge is 0.233 e. The molecule has 164 valence electrons. The van der Waals surface area contributed by atoms with Crippen LogP contribution in [0.1, 0.15) is 18.6 Å². The molecule has 0 fully saturated rings. The Balaban J connectivity index is 1.38. The van der Waals surface area contributed by atoms with Crippen LogP contribution in [0.3, 0.4) is 0 Å². The van der Waals surface area contributed by atoms with Gasteiger partial charge in [0, 0.05) is 48.2 Å². The highest BCUT2D eigenvalue weighted by molar-refractivity contribution is 6.35. The van der Waals surface area contributed by atoms with Crippen LogP contribution in [0.15, 0.2) is 78.9 Å². The Hall–Kier alpha value is -3.75. The van der Waals surface area contributed by atoms with E-state index in [4.69, 9.17) is 27.9 Å². The van der Waals surface area contributed by atoms with Crippen molar-refractivity contribution in [2.24, 2.45) is 4.99 Å². The van der Waals surface area contributed by atoms with Gasteiger partial charge in [0.1, 0.15) is 17.5 Å². The Morgan fingerprint density at radius 3 is 2.55 bits per heavy atom. The lowest BCUT2D eigenvalue weighted by molar-refractivity contribution is 0.227. The number of benzene rings is 1. The van der Waals surface area contributed by atoms with E-state index < -0.39 is 0 Å². The Morgan fingerprint density at radius 2 is 1.76 bits per heavy atom. The van der Waals surface area contributed by atoms with Crippen molar-refractivity contribution in [2.45, 2.75) is 13.0 Å². The number of allylic oxidation sites excluding steroid dienone is 1. The van der Waals surface area contributed by atoms with Crippen LogP contribution in [0.25, 0.3) is 16.6 Å². The van der Waals surface area contributed by atoms with Gasteiger partial charge in [-0.1, -0.05) is 23.2 Å². The van der Waals surface area contributed by atoms with Crippen LogP contribution in [0.5, 0.6) is 5.75 Å². The predicted octanol–water partition coefficient (Wildman–Crippen LogP) is 5.53. The summed E-state index contributed by atoms with van der Waals surface area (Å²) in [5.74, 6) is 1.21. The van der Waals surface area contributed by atoms with E-state index in [1.54, 1.807) is 59.2 Å². The Kier molecular flexibility index (Phi) is 5.77. The van der Waals surface area contributed by atoms with Gasteiger partial charge in [-0.25, -0.2) is 14.6 Å². The molecule has 1 atom stereocenters. The van der Waals surface area contributed by atoms with E-state index in [9.17, 15) is 0 Å². The molecule has 0 N–H and O–H groups in total. The first-order valence-corrected chi connectivity index (χ1v) is 10.8. The molecule has 8 nitrogen and oxygen atoms in total. The van der Waals surface area contributed by atoms with Crippen molar-refractivity contribution in [1.29, 1.82) is 0 Å². The number of fused-ring (bicyclic) bond motifs is 1. The number of anilines is 1. The molecule has 3 aromatic heterocycles. The SMILES string of the molecule is C[C@@H](Oc1ccc2c(cnn2-c2cnc(N3C=CC=NC=C3)nc2)c1)c1c(Cl)cncc1Cl. The molecule has 1 aliphatic heterocycles. The lowest BCUT2D eigenvalue weighted by Gasteiger charge is -2.17. The molecule has 0 unspecified atom stereocenters. The molecule has 10 heteroatoms. The number of halogens is 2. The Bertz CT molecular complexity index is 1360. The van der Waals surface area contributed by atoms with Gasteiger partial charge < -0.3 is 4.74 Å². The minimum atomic E-state index is -0.353. The largest absolute Gasteiger partial charge is 0.486 e. The molecule has 0 bridgehead atoms. The van der Waals surface area contributed by atoms with Gasteiger partial charge in [-0.05, 0) is 31.2 Å². The van der Waals surface area contributed by atoms with E-state index >= 15 is 0 Å². The van der Waals surface area contributed by atoms with Crippen molar-refractivity contribution < 1.29 is 4.74 Å². The van der Waals surface area contributed by atoms with Crippen molar-refractivity contribution in [3.63, 3.8) is 0 Å². The predicted molar refractivity (Wildman–Crippen MR) is 129 cm³/mol. The third kappa shape index (κ3) is 4.30. The van der Waals surface area contributed by atoms with Crippen LogP contribution < -0.4 is 9.64 Å². The van der Waals surface area contributed by atoms with Crippen molar-refractivity contribution in [3.8, 4) is 11.4 Å². The maximum atomic E-state index is 6.26. The summed E-state index contributed by atoms with van der Waals surface area (Å²) in [7, 11) is 0. The average molecular weight is 478 g/mol. The van der Waals surface area contributed by atoms with Gasteiger partial charge >= 0.3 is 0 Å². The second-order valence-electron chi connectivity index (χ2n) is 7.14. The fraction of sp³-hybridized carbons (Fsp3) is 0.0870. The van der Waals surface area contributed by atoms with Crippen LogP contribution in [-0.4, -0.2) is 30.9 Å². The first-order chi connectivity index (χ1) is 16.1. The van der Waals surface area contributed by atoms with Gasteiger partial charge in [0.05, 0.1) is 34.2 Å². The van der Waals surface area contributed by atoms with E-state index in [0.29, 0.717) is 27.3 Å². The first-order valence-electron chi connectivity index (χ1n) is 10.0. The lowest BCUT2D eigenvalue weighted by Crippen LogP contribution is -2.11. The first kappa shape index (κ1) is 21.1. The molecule has 0 saturated carbocycles. The zero-order chi connectivity index (χ0) is 22.8. The van der Waals surface area contributed by atoms with Gasteiger partial charge in [-0.3, -0.25) is 14.9 Å². The number of hydrogen-bond donors (Lipinski definition) is 0. The Morgan fingerprint density at radius 1 is 0.970 bits per heavy atom. The summed E-state index contributed by atoms with van der Waals surface area (Å²) >= 11 is 12.5. The van der Waals surface area contributed by atoms with Crippen molar-refractivity contribution in [1.82, 2.24) is 24.7 Å². The quantitative estimate of drug-likeness (QED) is 0.375. The van der Waals surface area contributed by atoms with E-state index in [0.717, 1.165) is 16.6 Å². The van der Waals surface area contributed by atoms with Gasteiger partial charge in [0.2, 0.25) is 5.95 Å². The number of rotatable bonds is 5. The van der Waals surface area contributed by atoms with Crippen LogP contribution in [0.4, 0.5) is 5.95 Å². The van der Waals surface area contributed by atoms with E-state index in [1.807, 2.05) is 37.4 Å². The van der Waals surface area contributed by atoms with Crippen LogP contribution >= 0.6 is 23.2 Å². The highest BCUT2D eigenvalue weighted by Crippen LogP contribution is 2.33. The maximum Gasteiger partial charge on any atom is 0.233 e. The number of ether oxygens (including phenoxy) is 1. The van der Waals surface area contributed by atoms with Crippen LogP contribution in [0, 0.1) is 0 Å². The number of nitrogens with zero attached hydrogens (tertiary/aromatic N) is 7. The summed E-state index contributed by atoms with van der Waals surface area (Å²) in [5.41, 5.74) is 2.33. The molecule has 0 radical (unpaired) electrons. The van der Waals surface area contributed by atoms with Crippen molar-refractivity contribution in [3.05, 3.63) is 89.5 Å². The zero-order valence-corrected chi connectivity index (χ0v) is 18.9. The van der Waals surface area contributed by atoms with E-state index in [2.05, 4.69) is 25.0 Å². The standard InChI is InChI=1S/C23H17Cl2N7O/c1-15(22-19(24)13-27-14-20(22)25)33-18-3-4-21-16(9-18)10-30-32(21)17-11-28-23(29-12-17)31-7-2-5-26-6-8-31/h2-15H,1H3/t15-/m1/s1. The number of pyridine rings is 1. The van der Waals surface area contributed by atoms with Crippen molar-refractivity contribution in [2.75, 3.05) is 4.90 Å². The number of aromatic nitrogens is 5. The minimum Gasteiger partial charge on any atom is -0.486 e. The Labute approximate surface area is 199 Å². The third-order valence-corrected chi connectivity index (χ3v) is 5.58. The summed E-state index contributed by atoms with van der Waals surface area (Å²) in [4.78, 5) is 18.7. The summed E-state index contributed by atoms with van der Waals surface area (Å²) in [6.07, 6.45) is 16.8. The number of aliphatic imine (C=N–C) groups is 1. The molecule has 0 saturated heterocycles. The molecule has 0 aliphatic carbocycles. The van der Waals surface area contributed by atoms with Crippen LogP contribution in [-0.2, 0) is 0 Å². The molecule has 5 rings (SSSR count). The minimum absolute atomic E-state index is 0.353. The van der Waals surface area contributed by atoms with Gasteiger partial charge in [0.25, 0.3) is 0 Å². The molecule has 33 heavy (non-hydrogen) atoms. The normalized spacial score (nSPS) is 14.0. The van der Waals surface area contributed by atoms with Gasteiger partial charge in [-0.2, -0.15) is 5.10 Å². The average Bonchev–Trinajstić information content (AvgIpc) is 3.03. The monoisotopic (exact) mass is 477 g/mol. The molecule has 4 heterocycles. The van der Waals surface area contributed by atoms with Crippen LogP contribution in [0.2, 0.25) is 10.0 Å². The topological polar surface area (TPSA) is 81.3 Å². The summed E-state index contributed by atoms with van der Waals surface area (Å²) in [6, 6.07) is 5.73. The second kappa shape index (κ2) is 9.01. The summed E-state index contributed by atoms with van der Waals surface area (Å²) < 4.78 is 7.87. The zero-order valence-electron chi connectivity index (χ0n) is 17.4. The lowest BCUT2D eigenvalue weighted by atomic mass is 10.1. The van der Waals surface area contributed by atoms with Gasteiger partial charge in [-0.15, -0.1) is 0 Å². The molecule has 0 spiro atoms. The molecular weight excluding hydrogens is 461 g/mol. The fourth-order valence-electron chi connectivity index (χ4n) is 3.44. The molecular formula is C23H17Cl2N7O. The highest BCUT2D eigenvalue weighted by atomic mass is 35.5. The molecule has 1 aliphatic rings. The van der Waals surface area contributed by atoms with E-state index in [-0.39, 0.29) is 6.10 Å². The second-order valence-corrected chi connectivity index (χ2v) is 7.95. The maximum absolute atomic E-state index is 6.26. The third-order valence-electron chi connectivity index (χ3n) is 4.98. The molecule has 0 amide bonds.